The standard InChI is InChI=1S/C26H25ClN4O4/c1-16-5-3-4-6-17(16)14-31-23(19-8-7-18(13-20(19)27)34-12-9-21(32)33)30-22-24(31)28-15-29-25(22)35-26(2)10-11-26/h3-8,13,15H,9-12,14H2,1-2H3,(H,32,33). The first-order valence-corrected chi connectivity index (χ1v) is 11.8. The Kier molecular flexibility index (Phi) is 6.06. The van der Waals surface area contributed by atoms with E-state index in [2.05, 4.69) is 35.9 Å². The number of fused-ring (bicyclic) bond motifs is 1. The van der Waals surface area contributed by atoms with Gasteiger partial charge in [-0.3, -0.25) is 4.79 Å². The van der Waals surface area contributed by atoms with E-state index in [9.17, 15) is 4.79 Å². The van der Waals surface area contributed by atoms with Crippen molar-refractivity contribution in [1.82, 2.24) is 19.5 Å². The van der Waals surface area contributed by atoms with Crippen molar-refractivity contribution in [2.45, 2.75) is 45.3 Å². The average Bonchev–Trinajstić information content (AvgIpc) is 3.43. The second-order valence-electron chi connectivity index (χ2n) is 8.98. The maximum absolute atomic E-state index is 10.8. The third-order valence-electron chi connectivity index (χ3n) is 6.15. The number of hydrogen-bond acceptors (Lipinski definition) is 6. The van der Waals surface area contributed by atoms with E-state index in [1.54, 1.807) is 12.1 Å². The van der Waals surface area contributed by atoms with Gasteiger partial charge in [0.15, 0.2) is 11.2 Å². The summed E-state index contributed by atoms with van der Waals surface area (Å²) in [5.74, 6) is 0.671. The zero-order chi connectivity index (χ0) is 24.6. The summed E-state index contributed by atoms with van der Waals surface area (Å²) in [4.78, 5) is 24.6. The average molecular weight is 493 g/mol. The van der Waals surface area contributed by atoms with Gasteiger partial charge in [0.25, 0.3) is 0 Å². The summed E-state index contributed by atoms with van der Waals surface area (Å²) in [5.41, 5.74) is 4.02. The van der Waals surface area contributed by atoms with Crippen molar-refractivity contribution in [2.24, 2.45) is 0 Å². The fraction of sp³-hybridized carbons (Fsp3) is 0.308. The maximum atomic E-state index is 10.8. The van der Waals surface area contributed by atoms with E-state index in [0.717, 1.165) is 24.0 Å². The summed E-state index contributed by atoms with van der Waals surface area (Å²) in [6.07, 6.45) is 3.37. The van der Waals surface area contributed by atoms with Gasteiger partial charge in [0, 0.05) is 5.56 Å². The van der Waals surface area contributed by atoms with Crippen LogP contribution in [0.1, 0.15) is 37.3 Å². The summed E-state index contributed by atoms with van der Waals surface area (Å²) in [7, 11) is 0. The van der Waals surface area contributed by atoms with Crippen molar-refractivity contribution in [2.75, 3.05) is 6.61 Å². The van der Waals surface area contributed by atoms with Crippen LogP contribution < -0.4 is 9.47 Å². The molecule has 35 heavy (non-hydrogen) atoms. The van der Waals surface area contributed by atoms with Crippen molar-refractivity contribution >= 4 is 28.7 Å². The molecule has 0 aliphatic heterocycles. The molecule has 5 rings (SSSR count). The van der Waals surface area contributed by atoms with Crippen LogP contribution in [-0.4, -0.2) is 42.8 Å². The van der Waals surface area contributed by atoms with Crippen LogP contribution in [0.15, 0.2) is 48.8 Å². The number of nitrogens with zero attached hydrogens (tertiary/aromatic N) is 4. The lowest BCUT2D eigenvalue weighted by Crippen LogP contribution is -2.13. The molecule has 1 saturated carbocycles. The molecule has 1 aliphatic rings. The number of halogens is 1. The molecule has 180 valence electrons. The van der Waals surface area contributed by atoms with Crippen LogP contribution in [-0.2, 0) is 11.3 Å². The fourth-order valence-electron chi connectivity index (χ4n) is 3.84. The molecular weight excluding hydrogens is 468 g/mol. The molecule has 1 N–H and O–H groups in total. The second-order valence-corrected chi connectivity index (χ2v) is 9.39. The first-order valence-electron chi connectivity index (χ1n) is 11.4. The normalized spacial score (nSPS) is 14.1. The minimum atomic E-state index is -0.920. The van der Waals surface area contributed by atoms with Gasteiger partial charge in [0.1, 0.15) is 23.5 Å². The molecular formula is C26H25ClN4O4. The molecule has 4 aromatic rings. The number of carboxylic acids is 1. The van der Waals surface area contributed by atoms with Gasteiger partial charge in [-0.1, -0.05) is 35.9 Å². The van der Waals surface area contributed by atoms with Crippen molar-refractivity contribution in [3.05, 3.63) is 64.9 Å². The van der Waals surface area contributed by atoms with Gasteiger partial charge in [0.05, 0.1) is 24.6 Å². The number of imidazole rings is 1. The third-order valence-corrected chi connectivity index (χ3v) is 6.46. The highest BCUT2D eigenvalue weighted by molar-refractivity contribution is 6.33. The van der Waals surface area contributed by atoms with Crippen molar-refractivity contribution in [3.8, 4) is 23.0 Å². The van der Waals surface area contributed by atoms with Crippen LogP contribution in [0.3, 0.4) is 0 Å². The van der Waals surface area contributed by atoms with E-state index in [1.165, 1.54) is 6.33 Å². The van der Waals surface area contributed by atoms with Crippen LogP contribution in [0.2, 0.25) is 5.02 Å². The zero-order valence-corrected chi connectivity index (χ0v) is 20.2. The highest BCUT2D eigenvalue weighted by Crippen LogP contribution is 2.41. The molecule has 0 radical (unpaired) electrons. The first kappa shape index (κ1) is 23.1. The van der Waals surface area contributed by atoms with Gasteiger partial charge in [-0.05, 0) is 56.0 Å². The lowest BCUT2D eigenvalue weighted by Gasteiger charge is -2.13. The molecule has 2 heterocycles. The molecule has 0 spiro atoms. The number of carboxylic acid groups (broad SMARTS) is 1. The molecule has 0 bridgehead atoms. The van der Waals surface area contributed by atoms with E-state index in [1.807, 2.05) is 22.8 Å². The summed E-state index contributed by atoms with van der Waals surface area (Å²) < 4.78 is 13.7. The number of aromatic nitrogens is 4. The summed E-state index contributed by atoms with van der Waals surface area (Å²) in [5, 5.41) is 9.27. The molecule has 0 saturated heterocycles. The Bertz CT molecular complexity index is 1410. The number of ether oxygens (including phenoxy) is 2. The van der Waals surface area contributed by atoms with E-state index in [-0.39, 0.29) is 18.6 Å². The van der Waals surface area contributed by atoms with Crippen molar-refractivity contribution in [1.29, 1.82) is 0 Å². The van der Waals surface area contributed by atoms with Gasteiger partial charge in [-0.25, -0.2) is 9.97 Å². The summed E-state index contributed by atoms with van der Waals surface area (Å²) >= 11 is 6.68. The molecule has 0 atom stereocenters. The Balaban J connectivity index is 1.59. The largest absolute Gasteiger partial charge is 0.493 e. The topological polar surface area (TPSA) is 99.4 Å². The quantitative estimate of drug-likeness (QED) is 0.339. The maximum Gasteiger partial charge on any atom is 0.306 e. The smallest absolute Gasteiger partial charge is 0.306 e. The third kappa shape index (κ3) is 4.93. The molecule has 2 aromatic carbocycles. The van der Waals surface area contributed by atoms with Gasteiger partial charge in [-0.2, -0.15) is 4.98 Å². The van der Waals surface area contributed by atoms with Crippen LogP contribution in [0.5, 0.6) is 11.6 Å². The Morgan fingerprint density at radius 1 is 1.20 bits per heavy atom. The first-order chi connectivity index (χ1) is 16.8. The fourth-order valence-corrected chi connectivity index (χ4v) is 4.09. The van der Waals surface area contributed by atoms with Crippen LogP contribution in [0, 0.1) is 6.92 Å². The van der Waals surface area contributed by atoms with Crippen molar-refractivity contribution < 1.29 is 19.4 Å². The Hall–Kier alpha value is -3.65. The number of rotatable bonds is 9. The lowest BCUT2D eigenvalue weighted by atomic mass is 10.1. The minimum absolute atomic E-state index is 0.0614. The second kappa shape index (κ2) is 9.19. The Labute approximate surface area is 207 Å². The van der Waals surface area contributed by atoms with E-state index >= 15 is 0 Å². The van der Waals surface area contributed by atoms with Crippen molar-refractivity contribution in [3.63, 3.8) is 0 Å². The highest BCUT2D eigenvalue weighted by atomic mass is 35.5. The Morgan fingerprint density at radius 3 is 2.71 bits per heavy atom. The van der Waals surface area contributed by atoms with Crippen LogP contribution in [0.25, 0.3) is 22.6 Å². The van der Waals surface area contributed by atoms with E-state index in [0.29, 0.717) is 45.7 Å². The zero-order valence-electron chi connectivity index (χ0n) is 19.5. The molecule has 2 aromatic heterocycles. The number of aliphatic carboxylic acids is 1. The van der Waals surface area contributed by atoms with E-state index in [4.69, 9.17) is 31.2 Å². The summed E-state index contributed by atoms with van der Waals surface area (Å²) in [6, 6.07) is 13.4. The highest BCUT2D eigenvalue weighted by Gasteiger charge is 2.41. The van der Waals surface area contributed by atoms with Gasteiger partial charge < -0.3 is 19.1 Å². The number of hydrogen-bond donors (Lipinski definition) is 1. The van der Waals surface area contributed by atoms with Gasteiger partial charge in [0.2, 0.25) is 5.88 Å². The molecule has 8 nitrogen and oxygen atoms in total. The molecule has 0 amide bonds. The van der Waals surface area contributed by atoms with E-state index < -0.39 is 5.97 Å². The SMILES string of the molecule is Cc1ccccc1Cn1c(-c2ccc(OCCC(=O)O)cc2Cl)nc2c(OC3(C)CC3)ncnc21. The predicted molar refractivity (Wildman–Crippen MR) is 132 cm³/mol. The molecule has 1 aliphatic carbocycles. The summed E-state index contributed by atoms with van der Waals surface area (Å²) in [6.45, 7) is 4.74. The lowest BCUT2D eigenvalue weighted by molar-refractivity contribution is -0.137. The Morgan fingerprint density at radius 2 is 2.00 bits per heavy atom. The van der Waals surface area contributed by atoms with Crippen LogP contribution in [0.4, 0.5) is 0 Å². The molecule has 1 fully saturated rings. The monoisotopic (exact) mass is 492 g/mol. The number of carbonyl (C=O) groups is 1. The number of aryl methyl sites for hydroxylation is 1. The minimum Gasteiger partial charge on any atom is -0.493 e. The number of benzene rings is 2. The van der Waals surface area contributed by atoms with Gasteiger partial charge in [-0.15, -0.1) is 0 Å². The van der Waals surface area contributed by atoms with Gasteiger partial charge >= 0.3 is 5.97 Å². The molecule has 9 heteroatoms. The van der Waals surface area contributed by atoms with Crippen LogP contribution >= 0.6 is 11.6 Å². The molecule has 0 unspecified atom stereocenters. The predicted octanol–water partition coefficient (Wildman–Crippen LogP) is 5.29.